The topological polar surface area (TPSA) is 35.5 Å². The Balaban J connectivity index is 2.10. The average molecular weight is 254 g/mol. The highest BCUT2D eigenvalue weighted by atomic mass is 16.8. The van der Waals surface area contributed by atoms with Gasteiger partial charge in [-0.3, -0.25) is 4.79 Å². The van der Waals surface area contributed by atoms with Crippen molar-refractivity contribution in [2.24, 2.45) is 5.41 Å². The van der Waals surface area contributed by atoms with Gasteiger partial charge in [0.25, 0.3) is 0 Å². The molecule has 0 aromatic heterocycles. The summed E-state index contributed by atoms with van der Waals surface area (Å²) in [6.07, 6.45) is 5.87. The van der Waals surface area contributed by atoms with E-state index in [0.29, 0.717) is 0 Å². The molecular weight excluding hydrogens is 228 g/mol. The van der Waals surface area contributed by atoms with Crippen LogP contribution in [-0.2, 0) is 14.3 Å². The molecule has 2 fully saturated rings. The molecule has 2 atom stereocenters. The van der Waals surface area contributed by atoms with Crippen molar-refractivity contribution in [2.75, 3.05) is 0 Å². The summed E-state index contributed by atoms with van der Waals surface area (Å²) in [6.45, 7) is 8.16. The van der Waals surface area contributed by atoms with Crippen LogP contribution in [-0.4, -0.2) is 23.8 Å². The first kappa shape index (κ1) is 14.0. The molecule has 0 N–H and O–H groups in total. The lowest BCUT2D eigenvalue weighted by Gasteiger charge is -2.32. The van der Waals surface area contributed by atoms with Gasteiger partial charge in [-0.25, -0.2) is 0 Å². The molecule has 2 aliphatic rings. The standard InChI is InChI=1S/C15H26O3/c1-11(16)13-12(10-14(2,3)4)17-15(18-13)8-6-5-7-9-15/h12-13H,5-10H2,1-4H3/t12-,13+/m1/s1. The van der Waals surface area contributed by atoms with E-state index >= 15 is 0 Å². The van der Waals surface area contributed by atoms with E-state index in [-0.39, 0.29) is 23.4 Å². The largest absolute Gasteiger partial charge is 0.343 e. The lowest BCUT2D eigenvalue weighted by atomic mass is 9.87. The van der Waals surface area contributed by atoms with Gasteiger partial charge in [0.05, 0.1) is 6.10 Å². The van der Waals surface area contributed by atoms with Gasteiger partial charge in [-0.05, 0) is 31.6 Å². The van der Waals surface area contributed by atoms with Crippen molar-refractivity contribution in [2.45, 2.75) is 84.2 Å². The van der Waals surface area contributed by atoms with Crippen molar-refractivity contribution in [3.05, 3.63) is 0 Å². The van der Waals surface area contributed by atoms with E-state index < -0.39 is 5.79 Å². The van der Waals surface area contributed by atoms with Gasteiger partial charge < -0.3 is 9.47 Å². The zero-order valence-electron chi connectivity index (χ0n) is 12.1. The van der Waals surface area contributed by atoms with Gasteiger partial charge in [0.1, 0.15) is 6.10 Å². The van der Waals surface area contributed by atoms with E-state index in [2.05, 4.69) is 20.8 Å². The zero-order valence-corrected chi connectivity index (χ0v) is 12.1. The summed E-state index contributed by atoms with van der Waals surface area (Å²) in [4.78, 5) is 11.8. The molecule has 0 bridgehead atoms. The van der Waals surface area contributed by atoms with E-state index in [9.17, 15) is 4.79 Å². The van der Waals surface area contributed by atoms with Gasteiger partial charge in [0, 0.05) is 12.8 Å². The number of hydrogen-bond donors (Lipinski definition) is 0. The van der Waals surface area contributed by atoms with E-state index in [1.54, 1.807) is 6.92 Å². The van der Waals surface area contributed by atoms with E-state index in [1.807, 2.05) is 0 Å². The summed E-state index contributed by atoms with van der Waals surface area (Å²) in [5, 5.41) is 0. The maximum atomic E-state index is 11.8. The number of carbonyl (C=O) groups excluding carboxylic acids is 1. The number of hydrogen-bond acceptors (Lipinski definition) is 3. The minimum Gasteiger partial charge on any atom is -0.343 e. The molecule has 0 amide bonds. The molecule has 104 valence electrons. The van der Waals surface area contributed by atoms with Crippen LogP contribution in [0.5, 0.6) is 0 Å². The number of ether oxygens (including phenoxy) is 2. The second-order valence-corrected chi connectivity index (χ2v) is 7.04. The third-order valence-electron chi connectivity index (χ3n) is 3.88. The molecule has 18 heavy (non-hydrogen) atoms. The Labute approximate surface area is 110 Å². The highest BCUT2D eigenvalue weighted by Crippen LogP contribution is 2.43. The Bertz CT molecular complexity index is 310. The van der Waals surface area contributed by atoms with Crippen molar-refractivity contribution in [3.8, 4) is 0 Å². The number of rotatable bonds is 2. The van der Waals surface area contributed by atoms with Gasteiger partial charge in [-0.15, -0.1) is 0 Å². The first-order valence-electron chi connectivity index (χ1n) is 7.17. The molecule has 3 heteroatoms. The molecule has 1 saturated heterocycles. The fraction of sp³-hybridized carbons (Fsp3) is 0.933. The molecule has 1 saturated carbocycles. The Hall–Kier alpha value is -0.410. The summed E-state index contributed by atoms with van der Waals surface area (Å²) >= 11 is 0. The van der Waals surface area contributed by atoms with Crippen LogP contribution in [0, 0.1) is 5.41 Å². The molecular formula is C15H26O3. The van der Waals surface area contributed by atoms with Crippen molar-refractivity contribution < 1.29 is 14.3 Å². The zero-order chi connectivity index (χ0) is 13.4. The summed E-state index contributed by atoms with van der Waals surface area (Å²) < 4.78 is 12.2. The third kappa shape index (κ3) is 3.12. The minimum absolute atomic E-state index is 0.0689. The monoisotopic (exact) mass is 254 g/mol. The Morgan fingerprint density at radius 1 is 1.17 bits per heavy atom. The molecule has 0 radical (unpaired) electrons. The SMILES string of the molecule is CC(=O)[C@@H]1OC2(CCCCC2)O[C@@H]1CC(C)(C)C. The Morgan fingerprint density at radius 3 is 2.28 bits per heavy atom. The predicted octanol–water partition coefficient (Wildman–Crippen LogP) is 3.46. The maximum Gasteiger partial charge on any atom is 0.169 e. The first-order valence-corrected chi connectivity index (χ1v) is 7.17. The lowest BCUT2D eigenvalue weighted by molar-refractivity contribution is -0.196. The van der Waals surface area contributed by atoms with Gasteiger partial charge in [0.15, 0.2) is 11.6 Å². The quantitative estimate of drug-likeness (QED) is 0.757. The molecule has 0 unspecified atom stereocenters. The van der Waals surface area contributed by atoms with Gasteiger partial charge in [0.2, 0.25) is 0 Å². The van der Waals surface area contributed by atoms with Crippen molar-refractivity contribution in [1.29, 1.82) is 0 Å². The van der Waals surface area contributed by atoms with Crippen LogP contribution in [0.2, 0.25) is 0 Å². The highest BCUT2D eigenvalue weighted by Gasteiger charge is 2.50. The van der Waals surface area contributed by atoms with Gasteiger partial charge >= 0.3 is 0 Å². The summed E-state index contributed by atoms with van der Waals surface area (Å²) in [5.41, 5.74) is 0.155. The van der Waals surface area contributed by atoms with Crippen LogP contribution in [0.25, 0.3) is 0 Å². The normalized spacial score (nSPS) is 31.8. The van der Waals surface area contributed by atoms with E-state index in [4.69, 9.17) is 9.47 Å². The number of carbonyl (C=O) groups is 1. The smallest absolute Gasteiger partial charge is 0.169 e. The maximum absolute atomic E-state index is 11.8. The summed E-state index contributed by atoms with van der Waals surface area (Å²) in [6, 6.07) is 0. The molecule has 1 aliphatic heterocycles. The first-order chi connectivity index (χ1) is 8.31. The van der Waals surface area contributed by atoms with Crippen LogP contribution in [0.1, 0.15) is 66.2 Å². The highest BCUT2D eigenvalue weighted by molar-refractivity contribution is 5.81. The average Bonchev–Trinajstić information content (AvgIpc) is 2.55. The van der Waals surface area contributed by atoms with Crippen molar-refractivity contribution in [3.63, 3.8) is 0 Å². The van der Waals surface area contributed by atoms with Crippen molar-refractivity contribution in [1.82, 2.24) is 0 Å². The molecule has 0 aromatic rings. The van der Waals surface area contributed by atoms with Gasteiger partial charge in [-0.1, -0.05) is 27.2 Å². The molecule has 3 nitrogen and oxygen atoms in total. The minimum atomic E-state index is -0.454. The lowest BCUT2D eigenvalue weighted by Crippen LogP contribution is -2.34. The number of Topliss-reactive ketones (excluding diaryl/α,β-unsaturated/α-hetero) is 1. The summed E-state index contributed by atoms with van der Waals surface area (Å²) in [5.74, 6) is -0.350. The van der Waals surface area contributed by atoms with Crippen LogP contribution in [0.4, 0.5) is 0 Å². The second kappa shape index (κ2) is 4.93. The van der Waals surface area contributed by atoms with Crippen molar-refractivity contribution >= 4 is 5.78 Å². The van der Waals surface area contributed by atoms with E-state index in [1.165, 1.54) is 6.42 Å². The van der Waals surface area contributed by atoms with Crippen LogP contribution >= 0.6 is 0 Å². The third-order valence-corrected chi connectivity index (χ3v) is 3.88. The molecule has 1 heterocycles. The Morgan fingerprint density at radius 2 is 1.78 bits per heavy atom. The summed E-state index contributed by atoms with van der Waals surface area (Å²) in [7, 11) is 0. The van der Waals surface area contributed by atoms with Crippen LogP contribution in [0.3, 0.4) is 0 Å². The molecule has 1 aliphatic carbocycles. The van der Waals surface area contributed by atoms with Crippen LogP contribution in [0.15, 0.2) is 0 Å². The Kier molecular flexibility index (Phi) is 3.84. The predicted molar refractivity (Wildman–Crippen MR) is 70.3 cm³/mol. The second-order valence-electron chi connectivity index (χ2n) is 7.04. The van der Waals surface area contributed by atoms with E-state index in [0.717, 1.165) is 32.1 Å². The molecule has 0 aromatic carbocycles. The van der Waals surface area contributed by atoms with Gasteiger partial charge in [-0.2, -0.15) is 0 Å². The fourth-order valence-corrected chi connectivity index (χ4v) is 3.10. The number of ketones is 1. The molecule has 1 spiro atoms. The van der Waals surface area contributed by atoms with Crippen LogP contribution < -0.4 is 0 Å². The fourth-order valence-electron chi connectivity index (χ4n) is 3.10. The molecule has 2 rings (SSSR count).